The van der Waals surface area contributed by atoms with Crippen molar-refractivity contribution in [3.05, 3.63) is 0 Å². The monoisotopic (exact) mass is 205 g/mol. The molecule has 8 atom stereocenters. The summed E-state index contributed by atoms with van der Waals surface area (Å²) in [6, 6.07) is 0. The fourth-order valence-electron chi connectivity index (χ4n) is 7.36. The Bertz CT molecular complexity index is 407. The predicted molar refractivity (Wildman–Crippen MR) is 50.6 cm³/mol. The summed E-state index contributed by atoms with van der Waals surface area (Å²) in [5.74, 6) is 4.47. The molecule has 7 fully saturated rings. The van der Waals surface area contributed by atoms with Gasteiger partial charge in [0.25, 0.3) is 0 Å². The SMILES string of the molecule is CC12C3[C@@H]4[C@H]1C1[C@H]2[C@@H]3C4(N)C12OCCO2. The van der Waals surface area contributed by atoms with E-state index in [2.05, 4.69) is 6.92 Å². The van der Waals surface area contributed by atoms with Gasteiger partial charge in [-0.2, -0.15) is 0 Å². The number of hydrogen-bond donors (Lipinski definition) is 1. The standard InChI is InChI=1S/C12H15NO2/c1-10-4-7-5(10)9-6(10)8(4)11(7,13)12(9)14-2-3-15-12/h4-9H,2-3,13H2,1H3/t4?,5-,6+,7-,8-,9?,10?,11?/m1/s1. The lowest BCUT2D eigenvalue weighted by Crippen LogP contribution is -2.94. The van der Waals surface area contributed by atoms with Crippen LogP contribution in [0.15, 0.2) is 0 Å². The highest BCUT2D eigenvalue weighted by Crippen LogP contribution is 3.02. The second-order valence-corrected chi connectivity index (χ2v) is 6.82. The lowest BCUT2D eigenvalue weighted by Gasteiger charge is -2.91. The lowest BCUT2D eigenvalue weighted by atomic mass is 9.12. The molecule has 0 aromatic heterocycles. The van der Waals surface area contributed by atoms with E-state index in [0.717, 1.165) is 42.8 Å². The summed E-state index contributed by atoms with van der Waals surface area (Å²) < 4.78 is 12.0. The minimum Gasteiger partial charge on any atom is -0.345 e. The van der Waals surface area contributed by atoms with E-state index in [1.54, 1.807) is 0 Å². The van der Waals surface area contributed by atoms with Gasteiger partial charge in [0.2, 0.25) is 0 Å². The van der Waals surface area contributed by atoms with Crippen molar-refractivity contribution in [2.24, 2.45) is 46.7 Å². The molecule has 0 radical (unpaired) electrons. The topological polar surface area (TPSA) is 44.5 Å². The molecular formula is C12H15NO2. The minimum atomic E-state index is -0.329. The van der Waals surface area contributed by atoms with Crippen LogP contribution in [0, 0.1) is 40.9 Å². The first-order valence-corrected chi connectivity index (χ1v) is 6.26. The molecule has 0 aromatic carbocycles. The highest BCUT2D eigenvalue weighted by Gasteiger charge is 3.07. The molecule has 1 aliphatic heterocycles. The van der Waals surface area contributed by atoms with Gasteiger partial charge in [0.1, 0.15) is 0 Å². The van der Waals surface area contributed by atoms with Gasteiger partial charge in [0.05, 0.1) is 18.8 Å². The van der Waals surface area contributed by atoms with Gasteiger partial charge >= 0.3 is 0 Å². The van der Waals surface area contributed by atoms with Crippen molar-refractivity contribution >= 4 is 0 Å². The third kappa shape index (κ3) is 0.323. The Morgan fingerprint density at radius 2 is 1.47 bits per heavy atom. The smallest absolute Gasteiger partial charge is 0.190 e. The van der Waals surface area contributed by atoms with Gasteiger partial charge in [-0.05, 0) is 35.0 Å². The highest BCUT2D eigenvalue weighted by molar-refractivity contribution is 5.54. The van der Waals surface area contributed by atoms with Gasteiger partial charge in [-0.3, -0.25) is 0 Å². The molecule has 2 N–H and O–H groups in total. The first-order valence-electron chi connectivity index (χ1n) is 6.26. The number of ether oxygens (including phenoxy) is 2. The Balaban J connectivity index is 1.65. The molecule has 7 rings (SSSR count). The third-order valence-electron chi connectivity index (χ3n) is 7.34. The largest absolute Gasteiger partial charge is 0.345 e. The van der Waals surface area contributed by atoms with Gasteiger partial charge in [0, 0.05) is 5.92 Å². The molecule has 3 heteroatoms. The van der Waals surface area contributed by atoms with Gasteiger partial charge in [0.15, 0.2) is 5.79 Å². The summed E-state index contributed by atoms with van der Waals surface area (Å²) in [6.45, 7) is 4.00. The van der Waals surface area contributed by atoms with Crippen molar-refractivity contribution in [2.75, 3.05) is 13.2 Å². The Morgan fingerprint density at radius 3 is 2.00 bits per heavy atom. The first-order chi connectivity index (χ1) is 7.19. The van der Waals surface area contributed by atoms with E-state index in [4.69, 9.17) is 15.2 Å². The second-order valence-electron chi connectivity index (χ2n) is 6.82. The van der Waals surface area contributed by atoms with Gasteiger partial charge < -0.3 is 15.2 Å². The molecule has 3 nitrogen and oxygen atoms in total. The van der Waals surface area contributed by atoms with E-state index in [1.165, 1.54) is 0 Å². The molecule has 0 amide bonds. The minimum absolute atomic E-state index is 0.0775. The molecule has 1 heterocycles. The first kappa shape index (κ1) is 7.25. The summed E-state index contributed by atoms with van der Waals surface area (Å²) in [5.41, 5.74) is 7.27. The highest BCUT2D eigenvalue weighted by atomic mass is 16.7. The summed E-state index contributed by atoms with van der Waals surface area (Å²) in [5, 5.41) is 0. The zero-order valence-electron chi connectivity index (χ0n) is 8.77. The van der Waals surface area contributed by atoms with Crippen LogP contribution in [0.3, 0.4) is 0 Å². The molecule has 6 saturated carbocycles. The van der Waals surface area contributed by atoms with Crippen LogP contribution in [-0.2, 0) is 9.47 Å². The molecule has 15 heavy (non-hydrogen) atoms. The average molecular weight is 205 g/mol. The molecule has 0 aromatic rings. The van der Waals surface area contributed by atoms with Crippen LogP contribution in [0.25, 0.3) is 0 Å². The molecule has 80 valence electrons. The maximum Gasteiger partial charge on any atom is 0.190 e. The van der Waals surface area contributed by atoms with E-state index in [9.17, 15) is 0 Å². The van der Waals surface area contributed by atoms with Crippen molar-refractivity contribution in [2.45, 2.75) is 18.2 Å². The van der Waals surface area contributed by atoms with Crippen LogP contribution >= 0.6 is 0 Å². The molecule has 1 saturated heterocycles. The van der Waals surface area contributed by atoms with E-state index < -0.39 is 0 Å². The number of rotatable bonds is 0. The Hall–Kier alpha value is -0.120. The van der Waals surface area contributed by atoms with Crippen LogP contribution in [0.1, 0.15) is 6.92 Å². The number of hydrogen-bond acceptors (Lipinski definition) is 3. The predicted octanol–water partition coefficient (Wildman–Crippen LogP) is 0.198. The summed E-state index contributed by atoms with van der Waals surface area (Å²) >= 11 is 0. The molecule has 4 unspecified atom stereocenters. The van der Waals surface area contributed by atoms with E-state index in [1.807, 2.05) is 0 Å². The summed E-state index contributed by atoms with van der Waals surface area (Å²) in [6.07, 6.45) is 0. The quantitative estimate of drug-likeness (QED) is 0.614. The van der Waals surface area contributed by atoms with Gasteiger partial charge in [-0.15, -0.1) is 0 Å². The third-order valence-corrected chi connectivity index (χ3v) is 7.34. The molecular weight excluding hydrogens is 190 g/mol. The maximum absolute atomic E-state index is 6.68. The van der Waals surface area contributed by atoms with E-state index in [-0.39, 0.29) is 11.3 Å². The fraction of sp³-hybridized carbons (Fsp3) is 1.00. The van der Waals surface area contributed by atoms with Crippen LogP contribution in [0.4, 0.5) is 0 Å². The second kappa shape index (κ2) is 1.45. The van der Waals surface area contributed by atoms with Crippen molar-refractivity contribution in [3.63, 3.8) is 0 Å². The zero-order chi connectivity index (χ0) is 9.79. The summed E-state index contributed by atoms with van der Waals surface area (Å²) in [7, 11) is 0. The van der Waals surface area contributed by atoms with Crippen molar-refractivity contribution in [1.82, 2.24) is 0 Å². The van der Waals surface area contributed by atoms with E-state index in [0.29, 0.717) is 11.3 Å². The molecule has 6 aliphatic carbocycles. The zero-order valence-corrected chi connectivity index (χ0v) is 8.77. The van der Waals surface area contributed by atoms with Crippen LogP contribution in [-0.4, -0.2) is 24.5 Å². The fourth-order valence-corrected chi connectivity index (χ4v) is 7.36. The maximum atomic E-state index is 6.68. The average Bonchev–Trinajstić information content (AvgIpc) is 2.78. The molecule has 2 bridgehead atoms. The Labute approximate surface area is 88.3 Å². The van der Waals surface area contributed by atoms with Crippen LogP contribution < -0.4 is 5.73 Å². The van der Waals surface area contributed by atoms with Gasteiger partial charge in [-0.1, -0.05) is 6.92 Å². The Kier molecular flexibility index (Phi) is 0.700. The Morgan fingerprint density at radius 1 is 0.933 bits per heavy atom. The normalized spacial score (nSPS) is 82.0. The number of nitrogens with two attached hydrogens (primary N) is 1. The van der Waals surface area contributed by atoms with Crippen LogP contribution in [0.5, 0.6) is 0 Å². The summed E-state index contributed by atoms with van der Waals surface area (Å²) in [4.78, 5) is 0. The van der Waals surface area contributed by atoms with E-state index >= 15 is 0 Å². The van der Waals surface area contributed by atoms with Crippen molar-refractivity contribution in [3.8, 4) is 0 Å². The van der Waals surface area contributed by atoms with Crippen molar-refractivity contribution < 1.29 is 9.47 Å². The van der Waals surface area contributed by atoms with Crippen LogP contribution in [0.2, 0.25) is 0 Å². The van der Waals surface area contributed by atoms with Gasteiger partial charge in [-0.25, -0.2) is 0 Å². The molecule has 1 spiro atoms. The lowest BCUT2D eigenvalue weighted by molar-refractivity contribution is -0.444. The van der Waals surface area contributed by atoms with Crippen molar-refractivity contribution in [1.29, 1.82) is 0 Å². The molecule has 7 aliphatic rings.